The number of amides is 1. The zero-order valence-corrected chi connectivity index (χ0v) is 13.6. The van der Waals surface area contributed by atoms with Gasteiger partial charge in [-0.05, 0) is 24.1 Å². The van der Waals surface area contributed by atoms with E-state index in [9.17, 15) is 4.79 Å². The molecule has 0 radical (unpaired) electrons. The lowest BCUT2D eigenvalue weighted by Gasteiger charge is -2.06. The third kappa shape index (κ3) is 3.48. The molecule has 0 aliphatic heterocycles. The van der Waals surface area contributed by atoms with Crippen LogP contribution in [0.15, 0.2) is 36.8 Å². The first kappa shape index (κ1) is 15.4. The molecule has 118 valence electrons. The van der Waals surface area contributed by atoms with Gasteiger partial charge in [-0.1, -0.05) is 25.4 Å². The van der Waals surface area contributed by atoms with Gasteiger partial charge < -0.3 is 5.32 Å². The van der Waals surface area contributed by atoms with Crippen molar-refractivity contribution in [3.63, 3.8) is 0 Å². The highest BCUT2D eigenvalue weighted by Crippen LogP contribution is 2.16. The van der Waals surface area contributed by atoms with E-state index in [-0.39, 0.29) is 5.91 Å². The van der Waals surface area contributed by atoms with E-state index in [0.717, 1.165) is 17.6 Å². The zero-order chi connectivity index (χ0) is 16.4. The fourth-order valence-corrected chi connectivity index (χ4v) is 2.33. The lowest BCUT2D eigenvalue weighted by molar-refractivity contribution is 0.102. The topological polar surface area (TPSA) is 72.7 Å². The molecule has 7 heteroatoms. The maximum Gasteiger partial charge on any atom is 0.258 e. The van der Waals surface area contributed by atoms with Gasteiger partial charge >= 0.3 is 0 Å². The highest BCUT2D eigenvalue weighted by molar-refractivity contribution is 6.30. The summed E-state index contributed by atoms with van der Waals surface area (Å²) in [5.41, 5.74) is 1.23. The third-order valence-electron chi connectivity index (χ3n) is 3.25. The molecule has 0 aliphatic carbocycles. The molecule has 3 aromatic rings. The molecule has 3 aromatic heterocycles. The second-order valence-corrected chi connectivity index (χ2v) is 6.11. The Morgan fingerprint density at radius 2 is 2.09 bits per heavy atom. The summed E-state index contributed by atoms with van der Waals surface area (Å²) < 4.78 is 1.85. The first-order valence-corrected chi connectivity index (χ1v) is 7.65. The number of carbonyl (C=O) groups is 1. The molecule has 3 rings (SSSR count). The second-order valence-electron chi connectivity index (χ2n) is 5.67. The predicted octanol–water partition coefficient (Wildman–Crippen LogP) is 3.39. The molecule has 3 heterocycles. The van der Waals surface area contributed by atoms with E-state index >= 15 is 0 Å². The lowest BCUT2D eigenvalue weighted by atomic mass is 10.2. The smallest absolute Gasteiger partial charge is 0.258 e. The van der Waals surface area contributed by atoms with Gasteiger partial charge in [0.05, 0.1) is 16.8 Å². The molecule has 0 bridgehead atoms. The molecule has 0 fully saturated rings. The van der Waals surface area contributed by atoms with Crippen molar-refractivity contribution < 1.29 is 4.79 Å². The van der Waals surface area contributed by atoms with Crippen LogP contribution in [-0.4, -0.2) is 25.7 Å². The molecule has 1 amide bonds. The molecule has 0 spiro atoms. The largest absolute Gasteiger partial charge is 0.307 e. The number of pyridine rings is 2. The highest BCUT2D eigenvalue weighted by atomic mass is 35.5. The van der Waals surface area contributed by atoms with Crippen LogP contribution in [0.4, 0.5) is 5.82 Å². The van der Waals surface area contributed by atoms with Gasteiger partial charge in [-0.2, -0.15) is 5.10 Å². The molecule has 0 aliphatic rings. The van der Waals surface area contributed by atoms with Crippen LogP contribution < -0.4 is 5.32 Å². The number of carbonyl (C=O) groups excluding carboxylic acids is 1. The van der Waals surface area contributed by atoms with Crippen LogP contribution in [0.1, 0.15) is 24.2 Å². The monoisotopic (exact) mass is 329 g/mol. The number of nitrogens with zero attached hydrogens (tertiary/aromatic N) is 4. The van der Waals surface area contributed by atoms with Crippen molar-refractivity contribution >= 4 is 34.4 Å². The standard InChI is InChI=1S/C16H16ClN5O/c1-10(2)9-22-15-11(7-20-22)5-12(6-19-15)16(23)21-14-4-3-13(17)8-18-14/h3-8,10H,9H2,1-2H3,(H,18,21,23). The minimum absolute atomic E-state index is 0.272. The summed E-state index contributed by atoms with van der Waals surface area (Å²) in [4.78, 5) is 20.7. The zero-order valence-electron chi connectivity index (χ0n) is 12.8. The predicted molar refractivity (Wildman–Crippen MR) is 89.6 cm³/mol. The Balaban J connectivity index is 1.82. The van der Waals surface area contributed by atoms with Crippen LogP contribution in [0.2, 0.25) is 5.02 Å². The molecule has 0 aromatic carbocycles. The maximum absolute atomic E-state index is 12.3. The summed E-state index contributed by atoms with van der Waals surface area (Å²) in [6, 6.07) is 5.09. The van der Waals surface area contributed by atoms with Crippen LogP contribution in [-0.2, 0) is 6.54 Å². The van der Waals surface area contributed by atoms with Gasteiger partial charge in [0.25, 0.3) is 5.91 Å². The first-order chi connectivity index (χ1) is 11.0. The minimum atomic E-state index is -0.272. The van der Waals surface area contributed by atoms with Crippen molar-refractivity contribution in [1.82, 2.24) is 19.7 Å². The van der Waals surface area contributed by atoms with Crippen molar-refractivity contribution in [1.29, 1.82) is 0 Å². The van der Waals surface area contributed by atoms with E-state index in [4.69, 9.17) is 11.6 Å². The Bertz CT molecular complexity index is 841. The Morgan fingerprint density at radius 1 is 1.26 bits per heavy atom. The summed E-state index contributed by atoms with van der Waals surface area (Å²) in [5, 5.41) is 8.39. The molecular formula is C16H16ClN5O. The number of hydrogen-bond donors (Lipinski definition) is 1. The molecule has 1 N–H and O–H groups in total. The van der Waals surface area contributed by atoms with Gasteiger partial charge in [-0.15, -0.1) is 0 Å². The van der Waals surface area contributed by atoms with Gasteiger partial charge in [0.1, 0.15) is 5.82 Å². The third-order valence-corrected chi connectivity index (χ3v) is 3.47. The van der Waals surface area contributed by atoms with E-state index in [0.29, 0.717) is 22.3 Å². The summed E-state index contributed by atoms with van der Waals surface area (Å²) in [6.07, 6.45) is 4.75. The summed E-state index contributed by atoms with van der Waals surface area (Å²) in [5.74, 6) is 0.639. The van der Waals surface area contributed by atoms with E-state index in [1.54, 1.807) is 30.6 Å². The number of hydrogen-bond acceptors (Lipinski definition) is 4. The molecule has 6 nitrogen and oxygen atoms in total. The average molecular weight is 330 g/mol. The minimum Gasteiger partial charge on any atom is -0.307 e. The van der Waals surface area contributed by atoms with Gasteiger partial charge in [0.15, 0.2) is 5.65 Å². The number of anilines is 1. The Kier molecular flexibility index (Phi) is 4.25. The van der Waals surface area contributed by atoms with Crippen LogP contribution in [0.5, 0.6) is 0 Å². The quantitative estimate of drug-likeness (QED) is 0.796. The van der Waals surface area contributed by atoms with Crippen LogP contribution >= 0.6 is 11.6 Å². The number of halogens is 1. The normalized spacial score (nSPS) is 11.1. The Hall–Kier alpha value is -2.47. The van der Waals surface area contributed by atoms with Crippen molar-refractivity contribution in [2.75, 3.05) is 5.32 Å². The van der Waals surface area contributed by atoms with Crippen molar-refractivity contribution in [3.05, 3.63) is 47.4 Å². The molecule has 0 unspecified atom stereocenters. The van der Waals surface area contributed by atoms with Gasteiger partial charge in [-0.25, -0.2) is 14.6 Å². The fourth-order valence-electron chi connectivity index (χ4n) is 2.21. The van der Waals surface area contributed by atoms with Crippen molar-refractivity contribution in [2.24, 2.45) is 5.92 Å². The SMILES string of the molecule is CC(C)Cn1ncc2cc(C(=O)Nc3ccc(Cl)cn3)cnc21. The van der Waals surface area contributed by atoms with Crippen LogP contribution in [0.25, 0.3) is 11.0 Å². The van der Waals surface area contributed by atoms with Crippen molar-refractivity contribution in [2.45, 2.75) is 20.4 Å². The Labute approximate surface area is 138 Å². The van der Waals surface area contributed by atoms with Crippen molar-refractivity contribution in [3.8, 4) is 0 Å². The van der Waals surface area contributed by atoms with E-state index < -0.39 is 0 Å². The number of aromatic nitrogens is 4. The molecule has 23 heavy (non-hydrogen) atoms. The van der Waals surface area contributed by atoms with E-state index in [1.807, 2.05) is 4.68 Å². The van der Waals surface area contributed by atoms with E-state index in [1.165, 1.54) is 6.20 Å². The first-order valence-electron chi connectivity index (χ1n) is 7.27. The highest BCUT2D eigenvalue weighted by Gasteiger charge is 2.11. The second kappa shape index (κ2) is 6.34. The van der Waals surface area contributed by atoms with E-state index in [2.05, 4.69) is 34.2 Å². The van der Waals surface area contributed by atoms with Gasteiger partial charge in [-0.3, -0.25) is 4.79 Å². The number of fused-ring (bicyclic) bond motifs is 1. The number of rotatable bonds is 4. The lowest BCUT2D eigenvalue weighted by Crippen LogP contribution is -2.13. The summed E-state index contributed by atoms with van der Waals surface area (Å²) >= 11 is 5.77. The number of nitrogens with one attached hydrogen (secondary N) is 1. The fraction of sp³-hybridized carbons (Fsp3) is 0.250. The molecule has 0 saturated heterocycles. The van der Waals surface area contributed by atoms with Gasteiger partial charge in [0.2, 0.25) is 0 Å². The van der Waals surface area contributed by atoms with Gasteiger partial charge in [0, 0.05) is 24.3 Å². The summed E-state index contributed by atoms with van der Waals surface area (Å²) in [6.45, 7) is 5.03. The summed E-state index contributed by atoms with van der Waals surface area (Å²) in [7, 11) is 0. The van der Waals surface area contributed by atoms with Crippen LogP contribution in [0.3, 0.4) is 0 Å². The maximum atomic E-state index is 12.3. The average Bonchev–Trinajstić information content (AvgIpc) is 2.91. The Morgan fingerprint density at radius 3 is 2.78 bits per heavy atom. The van der Waals surface area contributed by atoms with Crippen LogP contribution in [0, 0.1) is 5.92 Å². The molecule has 0 atom stereocenters. The molecule has 0 saturated carbocycles. The molecular weight excluding hydrogens is 314 g/mol.